The predicted octanol–water partition coefficient (Wildman–Crippen LogP) is 3.02. The highest BCUT2D eigenvalue weighted by molar-refractivity contribution is 5.25. The van der Waals surface area contributed by atoms with Crippen molar-refractivity contribution in [3.05, 3.63) is 17.7 Å². The second-order valence-corrected chi connectivity index (χ2v) is 5.82. The molecule has 0 saturated heterocycles. The van der Waals surface area contributed by atoms with Crippen molar-refractivity contribution in [2.24, 2.45) is 11.7 Å². The fourth-order valence-corrected chi connectivity index (χ4v) is 2.56. The molecule has 4 heteroatoms. The summed E-state index contributed by atoms with van der Waals surface area (Å²) in [6.45, 7) is 6.83. The Kier molecular flexibility index (Phi) is 4.75. The van der Waals surface area contributed by atoms with Crippen molar-refractivity contribution >= 4 is 0 Å². The van der Waals surface area contributed by atoms with E-state index in [0.29, 0.717) is 18.4 Å². The van der Waals surface area contributed by atoms with Crippen LogP contribution in [0.4, 0.5) is 0 Å². The van der Waals surface area contributed by atoms with E-state index < -0.39 is 0 Å². The lowest BCUT2D eigenvalue weighted by molar-refractivity contribution is 0.100. The lowest BCUT2D eigenvalue weighted by Crippen LogP contribution is -2.29. The number of rotatable bonds is 4. The van der Waals surface area contributed by atoms with E-state index in [2.05, 4.69) is 30.7 Å². The van der Waals surface area contributed by atoms with Gasteiger partial charge in [0.25, 0.3) is 0 Å². The van der Waals surface area contributed by atoms with E-state index in [1.54, 1.807) is 6.20 Å². The van der Waals surface area contributed by atoms with E-state index in [0.717, 1.165) is 23.7 Å². The van der Waals surface area contributed by atoms with Gasteiger partial charge in [-0.05, 0) is 25.2 Å². The van der Waals surface area contributed by atoms with Crippen LogP contribution in [0, 0.1) is 5.92 Å². The first-order valence-electron chi connectivity index (χ1n) is 7.34. The van der Waals surface area contributed by atoms with Crippen molar-refractivity contribution in [1.82, 2.24) is 9.97 Å². The minimum atomic E-state index is 0.285. The SMILES string of the molecule is CC(C)c1ncc(OC2CCCCC2C)c(CN)n1. The molecule has 1 aromatic rings. The highest BCUT2D eigenvalue weighted by Gasteiger charge is 2.24. The van der Waals surface area contributed by atoms with Crippen molar-refractivity contribution in [3.63, 3.8) is 0 Å². The Morgan fingerprint density at radius 2 is 2.11 bits per heavy atom. The monoisotopic (exact) mass is 263 g/mol. The average Bonchev–Trinajstić information content (AvgIpc) is 2.41. The van der Waals surface area contributed by atoms with Crippen LogP contribution in [0.5, 0.6) is 5.75 Å². The number of hydrogen-bond donors (Lipinski definition) is 1. The van der Waals surface area contributed by atoms with Crippen LogP contribution in [-0.2, 0) is 6.54 Å². The quantitative estimate of drug-likeness (QED) is 0.907. The maximum absolute atomic E-state index is 6.12. The fourth-order valence-electron chi connectivity index (χ4n) is 2.56. The van der Waals surface area contributed by atoms with Gasteiger partial charge in [0.05, 0.1) is 11.9 Å². The lowest BCUT2D eigenvalue weighted by Gasteiger charge is -2.29. The smallest absolute Gasteiger partial charge is 0.160 e. The molecule has 19 heavy (non-hydrogen) atoms. The fraction of sp³-hybridized carbons (Fsp3) is 0.733. The van der Waals surface area contributed by atoms with Gasteiger partial charge in [-0.2, -0.15) is 0 Å². The van der Waals surface area contributed by atoms with E-state index in [1.165, 1.54) is 19.3 Å². The molecule has 106 valence electrons. The standard InChI is InChI=1S/C15H25N3O/c1-10(2)15-17-9-14(12(8-16)18-15)19-13-7-5-4-6-11(13)3/h9-11,13H,4-8,16H2,1-3H3. The summed E-state index contributed by atoms with van der Waals surface area (Å²) in [7, 11) is 0. The third-order valence-corrected chi connectivity index (χ3v) is 3.87. The van der Waals surface area contributed by atoms with Gasteiger partial charge in [0.1, 0.15) is 11.9 Å². The van der Waals surface area contributed by atoms with Crippen LogP contribution in [0.1, 0.15) is 63.9 Å². The summed E-state index contributed by atoms with van der Waals surface area (Å²) in [4.78, 5) is 8.91. The molecule has 2 rings (SSSR count). The van der Waals surface area contributed by atoms with E-state index in [-0.39, 0.29) is 6.10 Å². The second-order valence-electron chi connectivity index (χ2n) is 5.82. The molecule has 0 aromatic carbocycles. The molecule has 0 amide bonds. The largest absolute Gasteiger partial charge is 0.487 e. The summed E-state index contributed by atoms with van der Waals surface area (Å²) in [6, 6.07) is 0. The highest BCUT2D eigenvalue weighted by Crippen LogP contribution is 2.29. The van der Waals surface area contributed by atoms with Crippen LogP contribution >= 0.6 is 0 Å². The first-order chi connectivity index (χ1) is 9.11. The maximum atomic E-state index is 6.12. The topological polar surface area (TPSA) is 61.0 Å². The molecule has 2 N–H and O–H groups in total. The Hall–Kier alpha value is -1.16. The highest BCUT2D eigenvalue weighted by atomic mass is 16.5. The second kappa shape index (κ2) is 6.33. The Morgan fingerprint density at radius 3 is 2.74 bits per heavy atom. The van der Waals surface area contributed by atoms with Crippen LogP contribution in [0.3, 0.4) is 0 Å². The Morgan fingerprint density at radius 1 is 1.37 bits per heavy atom. The van der Waals surface area contributed by atoms with Gasteiger partial charge in [-0.25, -0.2) is 9.97 Å². The third kappa shape index (κ3) is 3.44. The molecule has 0 radical (unpaired) electrons. The zero-order chi connectivity index (χ0) is 13.8. The number of nitrogens with zero attached hydrogens (tertiary/aromatic N) is 2. The van der Waals surface area contributed by atoms with Crippen molar-refractivity contribution in [1.29, 1.82) is 0 Å². The van der Waals surface area contributed by atoms with Crippen molar-refractivity contribution < 1.29 is 4.74 Å². The van der Waals surface area contributed by atoms with Crippen LogP contribution in [-0.4, -0.2) is 16.1 Å². The summed E-state index contributed by atoms with van der Waals surface area (Å²) < 4.78 is 6.12. The van der Waals surface area contributed by atoms with Crippen LogP contribution in [0.25, 0.3) is 0 Å². The molecule has 1 aliphatic carbocycles. The van der Waals surface area contributed by atoms with E-state index >= 15 is 0 Å². The van der Waals surface area contributed by atoms with Crippen LogP contribution in [0.2, 0.25) is 0 Å². The molecule has 1 aromatic heterocycles. The zero-order valence-corrected chi connectivity index (χ0v) is 12.2. The van der Waals surface area contributed by atoms with Gasteiger partial charge in [-0.3, -0.25) is 0 Å². The van der Waals surface area contributed by atoms with Crippen molar-refractivity contribution in [2.75, 3.05) is 0 Å². The van der Waals surface area contributed by atoms with Crippen molar-refractivity contribution in [3.8, 4) is 5.75 Å². The van der Waals surface area contributed by atoms with E-state index in [9.17, 15) is 0 Å². The molecular formula is C15H25N3O. The number of ether oxygens (including phenoxy) is 1. The summed E-state index contributed by atoms with van der Waals surface area (Å²) in [5.41, 5.74) is 6.62. The minimum absolute atomic E-state index is 0.285. The molecule has 1 aliphatic rings. The van der Waals surface area contributed by atoms with Gasteiger partial charge in [0.15, 0.2) is 5.75 Å². The molecule has 0 aliphatic heterocycles. The van der Waals surface area contributed by atoms with E-state index in [4.69, 9.17) is 10.5 Å². The van der Waals surface area contributed by atoms with Gasteiger partial charge >= 0.3 is 0 Å². The van der Waals surface area contributed by atoms with Gasteiger partial charge in [-0.1, -0.05) is 27.2 Å². The van der Waals surface area contributed by atoms with Gasteiger partial charge in [-0.15, -0.1) is 0 Å². The summed E-state index contributed by atoms with van der Waals surface area (Å²) in [5, 5.41) is 0. The molecule has 2 atom stereocenters. The Bertz CT molecular complexity index is 420. The average molecular weight is 263 g/mol. The molecule has 0 bridgehead atoms. The normalized spacial score (nSPS) is 23.6. The predicted molar refractivity (Wildman–Crippen MR) is 76.1 cm³/mol. The zero-order valence-electron chi connectivity index (χ0n) is 12.2. The lowest BCUT2D eigenvalue weighted by atomic mass is 9.88. The third-order valence-electron chi connectivity index (χ3n) is 3.87. The van der Waals surface area contributed by atoms with Gasteiger partial charge < -0.3 is 10.5 Å². The minimum Gasteiger partial charge on any atom is -0.487 e. The summed E-state index contributed by atoms with van der Waals surface area (Å²) >= 11 is 0. The molecule has 1 saturated carbocycles. The van der Waals surface area contributed by atoms with Crippen LogP contribution in [0.15, 0.2) is 6.20 Å². The first kappa shape index (κ1) is 14.3. The van der Waals surface area contributed by atoms with Gasteiger partial charge in [0.2, 0.25) is 0 Å². The maximum Gasteiger partial charge on any atom is 0.160 e. The first-order valence-corrected chi connectivity index (χ1v) is 7.34. The number of nitrogens with two attached hydrogens (primary N) is 1. The van der Waals surface area contributed by atoms with Crippen molar-refractivity contribution in [2.45, 2.75) is 65.0 Å². The Labute approximate surface area is 115 Å². The van der Waals surface area contributed by atoms with Crippen LogP contribution < -0.4 is 10.5 Å². The molecule has 2 unspecified atom stereocenters. The molecule has 1 fully saturated rings. The molecular weight excluding hydrogens is 238 g/mol. The Balaban J connectivity index is 2.15. The van der Waals surface area contributed by atoms with Gasteiger partial charge in [0, 0.05) is 12.5 Å². The number of hydrogen-bond acceptors (Lipinski definition) is 4. The number of aromatic nitrogens is 2. The van der Waals surface area contributed by atoms with E-state index in [1.807, 2.05) is 0 Å². The summed E-state index contributed by atoms with van der Waals surface area (Å²) in [5.74, 6) is 2.52. The summed E-state index contributed by atoms with van der Waals surface area (Å²) in [6.07, 6.45) is 7.01. The molecule has 0 spiro atoms. The molecule has 1 heterocycles. The molecule has 4 nitrogen and oxygen atoms in total.